The second kappa shape index (κ2) is 10.8. The maximum absolute atomic E-state index is 4.36. The van der Waals surface area contributed by atoms with Gasteiger partial charge in [-0.3, -0.25) is 4.99 Å². The molecule has 29 heavy (non-hydrogen) atoms. The molecule has 0 unspecified atom stereocenters. The van der Waals surface area contributed by atoms with Crippen LogP contribution in [0.2, 0.25) is 0 Å². The number of anilines is 1. The highest BCUT2D eigenvalue weighted by atomic mass is 15.3. The highest BCUT2D eigenvalue weighted by Crippen LogP contribution is 2.12. The van der Waals surface area contributed by atoms with Crippen molar-refractivity contribution in [3.05, 3.63) is 72.7 Å². The summed E-state index contributed by atoms with van der Waals surface area (Å²) >= 11 is 0. The average Bonchev–Trinajstić information content (AvgIpc) is 3.32. The Labute approximate surface area is 172 Å². The first-order valence-electron chi connectivity index (χ1n) is 9.99. The van der Waals surface area contributed by atoms with Crippen LogP contribution in [0.4, 0.5) is 5.69 Å². The fourth-order valence-corrected chi connectivity index (χ4v) is 3.09. The number of aliphatic imine (C=N–C) groups is 1. The van der Waals surface area contributed by atoms with Crippen molar-refractivity contribution < 1.29 is 0 Å². The zero-order chi connectivity index (χ0) is 20.3. The van der Waals surface area contributed by atoms with E-state index < -0.39 is 0 Å². The number of nitrogens with zero attached hydrogens (tertiary/aromatic N) is 5. The number of nitrogens with one attached hydrogen (secondary N) is 2. The molecule has 2 aromatic heterocycles. The fraction of sp³-hybridized carbons (Fsp3) is 0.318. The van der Waals surface area contributed by atoms with Crippen molar-refractivity contribution in [2.45, 2.75) is 19.9 Å². The summed E-state index contributed by atoms with van der Waals surface area (Å²) in [6, 6.07) is 16.4. The van der Waals surface area contributed by atoms with Crippen LogP contribution >= 0.6 is 0 Å². The third-order valence-electron chi connectivity index (χ3n) is 4.63. The normalized spacial score (nSPS) is 11.3. The molecule has 0 radical (unpaired) electrons. The fourth-order valence-electron chi connectivity index (χ4n) is 3.09. The first-order chi connectivity index (χ1) is 14.3. The van der Waals surface area contributed by atoms with Gasteiger partial charge in [-0.2, -0.15) is 5.10 Å². The molecule has 0 amide bonds. The van der Waals surface area contributed by atoms with Gasteiger partial charge in [-0.05, 0) is 49.2 Å². The summed E-state index contributed by atoms with van der Waals surface area (Å²) in [5.41, 5.74) is 2.39. The molecule has 0 aliphatic rings. The number of guanidine groups is 1. The molecule has 2 heterocycles. The highest BCUT2D eigenvalue weighted by molar-refractivity contribution is 5.79. The van der Waals surface area contributed by atoms with Crippen molar-refractivity contribution in [3.8, 4) is 5.82 Å². The van der Waals surface area contributed by atoms with Crippen LogP contribution in [0.5, 0.6) is 0 Å². The summed E-state index contributed by atoms with van der Waals surface area (Å²) in [7, 11) is 1.79. The van der Waals surface area contributed by atoms with Gasteiger partial charge < -0.3 is 15.5 Å². The summed E-state index contributed by atoms with van der Waals surface area (Å²) in [6.45, 7) is 5.71. The van der Waals surface area contributed by atoms with Crippen LogP contribution in [-0.4, -0.2) is 47.4 Å². The zero-order valence-corrected chi connectivity index (χ0v) is 17.1. The van der Waals surface area contributed by atoms with E-state index in [0.29, 0.717) is 6.54 Å². The number of hydrogen-bond acceptors (Lipinski definition) is 4. The monoisotopic (exact) mass is 391 g/mol. The van der Waals surface area contributed by atoms with Gasteiger partial charge in [-0.25, -0.2) is 9.67 Å². The van der Waals surface area contributed by atoms with Crippen molar-refractivity contribution in [1.82, 2.24) is 25.4 Å². The van der Waals surface area contributed by atoms with Crippen LogP contribution in [-0.2, 0) is 6.54 Å². The summed E-state index contributed by atoms with van der Waals surface area (Å²) in [4.78, 5) is 11.1. The van der Waals surface area contributed by atoms with E-state index in [4.69, 9.17) is 0 Å². The van der Waals surface area contributed by atoms with Gasteiger partial charge in [-0.1, -0.05) is 18.2 Å². The maximum Gasteiger partial charge on any atom is 0.191 e. The summed E-state index contributed by atoms with van der Waals surface area (Å²) in [6.07, 6.45) is 6.46. The number of aromatic nitrogens is 3. The van der Waals surface area contributed by atoms with Crippen LogP contribution < -0.4 is 15.5 Å². The Balaban J connectivity index is 1.43. The molecule has 7 nitrogen and oxygen atoms in total. The van der Waals surface area contributed by atoms with Crippen molar-refractivity contribution in [3.63, 3.8) is 0 Å². The molecule has 3 rings (SSSR count). The molecule has 1 aromatic carbocycles. The van der Waals surface area contributed by atoms with Gasteiger partial charge in [0.2, 0.25) is 0 Å². The van der Waals surface area contributed by atoms with E-state index >= 15 is 0 Å². The molecular formula is C22H29N7. The van der Waals surface area contributed by atoms with Gasteiger partial charge in [0, 0.05) is 57.5 Å². The van der Waals surface area contributed by atoms with Crippen molar-refractivity contribution in [1.29, 1.82) is 0 Å². The summed E-state index contributed by atoms with van der Waals surface area (Å²) in [5, 5.41) is 11.0. The minimum absolute atomic E-state index is 0.668. The smallest absolute Gasteiger partial charge is 0.191 e. The third-order valence-corrected chi connectivity index (χ3v) is 4.63. The standard InChI is InChI=1S/C22H29N7/c1-3-28(20-9-5-4-6-10-20)15-7-12-25-22(23-2)26-18-19-11-14-24-21(17-19)29-16-8-13-27-29/h4-6,8-11,13-14,16-17H,3,7,12,15,18H2,1-2H3,(H2,23,25,26). The van der Waals surface area contributed by atoms with E-state index in [0.717, 1.165) is 43.4 Å². The lowest BCUT2D eigenvalue weighted by atomic mass is 10.2. The van der Waals surface area contributed by atoms with Gasteiger partial charge in [0.1, 0.15) is 0 Å². The minimum atomic E-state index is 0.668. The van der Waals surface area contributed by atoms with Gasteiger partial charge in [-0.15, -0.1) is 0 Å². The summed E-state index contributed by atoms with van der Waals surface area (Å²) < 4.78 is 1.75. The second-order valence-electron chi connectivity index (χ2n) is 6.59. The predicted molar refractivity (Wildman–Crippen MR) is 119 cm³/mol. The van der Waals surface area contributed by atoms with Gasteiger partial charge in [0.25, 0.3) is 0 Å². The average molecular weight is 392 g/mol. The van der Waals surface area contributed by atoms with Crippen LogP contribution in [0, 0.1) is 0 Å². The van der Waals surface area contributed by atoms with Gasteiger partial charge in [0.05, 0.1) is 0 Å². The SMILES string of the molecule is CCN(CCCNC(=NC)NCc1ccnc(-n2cccn2)c1)c1ccccc1. The second-order valence-corrected chi connectivity index (χ2v) is 6.59. The topological polar surface area (TPSA) is 70.4 Å². The Kier molecular flexibility index (Phi) is 7.63. The van der Waals surface area contributed by atoms with Crippen molar-refractivity contribution >= 4 is 11.6 Å². The Bertz CT molecular complexity index is 875. The quantitative estimate of drug-likeness (QED) is 0.333. The van der Waals surface area contributed by atoms with E-state index in [9.17, 15) is 0 Å². The number of pyridine rings is 1. The van der Waals surface area contributed by atoms with Gasteiger partial charge in [0.15, 0.2) is 11.8 Å². The van der Waals surface area contributed by atoms with E-state index in [1.54, 1.807) is 24.1 Å². The molecule has 0 aliphatic heterocycles. The molecular weight excluding hydrogens is 362 g/mol. The molecule has 0 saturated carbocycles. The van der Waals surface area contributed by atoms with E-state index in [1.807, 2.05) is 24.4 Å². The van der Waals surface area contributed by atoms with Gasteiger partial charge >= 0.3 is 0 Å². The molecule has 0 fully saturated rings. The van der Waals surface area contributed by atoms with Crippen molar-refractivity contribution in [2.75, 3.05) is 31.6 Å². The lowest BCUT2D eigenvalue weighted by Gasteiger charge is -2.23. The van der Waals surface area contributed by atoms with E-state index in [-0.39, 0.29) is 0 Å². The van der Waals surface area contributed by atoms with Crippen LogP contribution in [0.15, 0.2) is 72.1 Å². The van der Waals surface area contributed by atoms with Crippen molar-refractivity contribution in [2.24, 2.45) is 4.99 Å². The molecule has 0 spiro atoms. The summed E-state index contributed by atoms with van der Waals surface area (Å²) in [5.74, 6) is 1.60. The number of hydrogen-bond donors (Lipinski definition) is 2. The lowest BCUT2D eigenvalue weighted by Crippen LogP contribution is -2.38. The largest absolute Gasteiger partial charge is 0.372 e. The Morgan fingerprint density at radius 1 is 1.10 bits per heavy atom. The first-order valence-corrected chi connectivity index (χ1v) is 9.99. The molecule has 0 bridgehead atoms. The number of para-hydroxylation sites is 1. The molecule has 0 saturated heterocycles. The maximum atomic E-state index is 4.36. The molecule has 152 valence electrons. The molecule has 0 atom stereocenters. The molecule has 2 N–H and O–H groups in total. The molecule has 0 aliphatic carbocycles. The van der Waals surface area contributed by atoms with Crippen LogP contribution in [0.25, 0.3) is 5.82 Å². The zero-order valence-electron chi connectivity index (χ0n) is 17.1. The highest BCUT2D eigenvalue weighted by Gasteiger charge is 2.04. The number of benzene rings is 1. The lowest BCUT2D eigenvalue weighted by molar-refractivity contribution is 0.708. The minimum Gasteiger partial charge on any atom is -0.372 e. The third kappa shape index (κ3) is 6.07. The number of rotatable bonds is 9. The van der Waals surface area contributed by atoms with Crippen LogP contribution in [0.3, 0.4) is 0 Å². The van der Waals surface area contributed by atoms with E-state index in [1.165, 1.54) is 5.69 Å². The molecule has 7 heteroatoms. The Hall–Kier alpha value is -3.35. The van der Waals surface area contributed by atoms with E-state index in [2.05, 4.69) is 67.9 Å². The first kappa shape index (κ1) is 20.4. The Morgan fingerprint density at radius 3 is 2.69 bits per heavy atom. The van der Waals surface area contributed by atoms with Crippen LogP contribution in [0.1, 0.15) is 18.9 Å². The molecule has 3 aromatic rings. The Morgan fingerprint density at radius 2 is 1.97 bits per heavy atom. The predicted octanol–water partition coefficient (Wildman–Crippen LogP) is 2.85.